The van der Waals surface area contributed by atoms with Gasteiger partial charge >= 0.3 is 0 Å². The molecule has 1 unspecified atom stereocenters. The molecule has 1 atom stereocenters. The molecule has 4 rings (SSSR count). The van der Waals surface area contributed by atoms with Crippen LogP contribution in [0, 0.1) is 13.8 Å². The Balaban J connectivity index is 1.37. The normalized spacial score (nSPS) is 15.4. The number of hydrogen-bond acceptors (Lipinski definition) is 4. The molecule has 0 spiro atoms. The lowest BCUT2D eigenvalue weighted by atomic mass is 9.88. The van der Waals surface area contributed by atoms with Crippen LogP contribution in [0.25, 0.3) is 0 Å². The van der Waals surface area contributed by atoms with Crippen LogP contribution in [-0.4, -0.2) is 20.9 Å². The molecule has 0 fully saturated rings. The fraction of sp³-hybridized carbons (Fsp3) is 0.269. The fourth-order valence-electron chi connectivity index (χ4n) is 4.07. The predicted molar refractivity (Wildman–Crippen MR) is 129 cm³/mol. The van der Waals surface area contributed by atoms with E-state index in [2.05, 4.69) is 22.2 Å². The van der Waals surface area contributed by atoms with Gasteiger partial charge in [-0.25, -0.2) is 8.42 Å². The molecule has 3 aromatic carbocycles. The topological polar surface area (TPSA) is 84.5 Å². The number of hydrogen-bond donors (Lipinski definition) is 2. The number of anilines is 1. The third-order valence-electron chi connectivity index (χ3n) is 5.82. The van der Waals surface area contributed by atoms with E-state index in [1.54, 1.807) is 31.2 Å². The lowest BCUT2D eigenvalue weighted by Gasteiger charge is -2.26. The monoisotopic (exact) mass is 464 g/mol. The number of sulfonamides is 1. The van der Waals surface area contributed by atoms with E-state index in [0.717, 1.165) is 24.8 Å². The third-order valence-corrected chi connectivity index (χ3v) is 7.20. The standard InChI is InChI=1S/C26H28N2O4S/c1-18-10-12-21(13-11-18)28-33(30,31)22-14-15-25(19(2)16-22)32-17-26(29)27-24-9-5-7-20-6-3-4-8-23(20)24/h3-4,6,8,10-16,24,28H,5,7,9,17H2,1-2H3,(H,27,29). The molecule has 2 N–H and O–H groups in total. The van der Waals surface area contributed by atoms with Crippen LogP contribution in [0.3, 0.4) is 0 Å². The summed E-state index contributed by atoms with van der Waals surface area (Å²) in [5, 5.41) is 3.06. The minimum atomic E-state index is -3.73. The molecular formula is C26H28N2O4S. The molecule has 0 bridgehead atoms. The van der Waals surface area contributed by atoms with Crippen molar-refractivity contribution in [3.05, 3.63) is 89.0 Å². The SMILES string of the molecule is Cc1ccc(NS(=O)(=O)c2ccc(OCC(=O)NC3CCCc4ccccc43)c(C)c2)cc1. The Morgan fingerprint density at radius 1 is 1.03 bits per heavy atom. The highest BCUT2D eigenvalue weighted by Gasteiger charge is 2.22. The second-order valence-electron chi connectivity index (χ2n) is 8.40. The van der Waals surface area contributed by atoms with Crippen LogP contribution in [-0.2, 0) is 21.2 Å². The molecule has 3 aromatic rings. The molecule has 0 saturated heterocycles. The van der Waals surface area contributed by atoms with Crippen LogP contribution < -0.4 is 14.8 Å². The summed E-state index contributed by atoms with van der Waals surface area (Å²) in [6.07, 6.45) is 2.98. The number of ether oxygens (including phenoxy) is 1. The molecule has 0 aliphatic heterocycles. The van der Waals surface area contributed by atoms with Crippen molar-refractivity contribution in [3.8, 4) is 5.75 Å². The van der Waals surface area contributed by atoms with Crippen LogP contribution >= 0.6 is 0 Å². The van der Waals surface area contributed by atoms with Gasteiger partial charge in [-0.05, 0) is 80.1 Å². The molecule has 7 heteroatoms. The van der Waals surface area contributed by atoms with Crippen molar-refractivity contribution in [2.75, 3.05) is 11.3 Å². The van der Waals surface area contributed by atoms with Gasteiger partial charge in [-0.1, -0.05) is 42.0 Å². The fourth-order valence-corrected chi connectivity index (χ4v) is 5.21. The second-order valence-corrected chi connectivity index (χ2v) is 10.1. The van der Waals surface area contributed by atoms with Gasteiger partial charge in [-0.15, -0.1) is 0 Å². The highest BCUT2D eigenvalue weighted by Crippen LogP contribution is 2.29. The lowest BCUT2D eigenvalue weighted by molar-refractivity contribution is -0.124. The van der Waals surface area contributed by atoms with Crippen molar-refractivity contribution in [3.63, 3.8) is 0 Å². The van der Waals surface area contributed by atoms with Crippen molar-refractivity contribution in [2.24, 2.45) is 0 Å². The summed E-state index contributed by atoms with van der Waals surface area (Å²) in [4.78, 5) is 12.7. The van der Waals surface area contributed by atoms with Gasteiger partial charge < -0.3 is 10.1 Å². The van der Waals surface area contributed by atoms with Crippen molar-refractivity contribution < 1.29 is 17.9 Å². The van der Waals surface area contributed by atoms with E-state index in [1.165, 1.54) is 17.2 Å². The smallest absolute Gasteiger partial charge is 0.261 e. The van der Waals surface area contributed by atoms with Crippen LogP contribution in [0.2, 0.25) is 0 Å². The Labute approximate surface area is 195 Å². The Bertz CT molecular complexity index is 1250. The van der Waals surface area contributed by atoms with Crippen molar-refractivity contribution in [1.29, 1.82) is 0 Å². The van der Waals surface area contributed by atoms with Gasteiger partial charge in [0.25, 0.3) is 15.9 Å². The molecule has 172 valence electrons. The largest absolute Gasteiger partial charge is 0.484 e. The summed E-state index contributed by atoms with van der Waals surface area (Å²) in [6, 6.07) is 19.9. The van der Waals surface area contributed by atoms with Crippen molar-refractivity contribution in [2.45, 2.75) is 44.0 Å². The first kappa shape index (κ1) is 22.9. The molecule has 1 amide bonds. The van der Waals surface area contributed by atoms with E-state index >= 15 is 0 Å². The number of rotatable bonds is 7. The summed E-state index contributed by atoms with van der Waals surface area (Å²) in [5.41, 5.74) is 4.63. The number of carbonyl (C=O) groups is 1. The second kappa shape index (κ2) is 9.67. The first-order valence-corrected chi connectivity index (χ1v) is 12.5. The number of amides is 1. The first-order valence-electron chi connectivity index (χ1n) is 11.0. The number of fused-ring (bicyclic) bond motifs is 1. The summed E-state index contributed by atoms with van der Waals surface area (Å²) < 4.78 is 33.7. The van der Waals surface area contributed by atoms with Crippen molar-refractivity contribution >= 4 is 21.6 Å². The number of carbonyl (C=O) groups excluding carboxylic acids is 1. The van der Waals surface area contributed by atoms with Crippen molar-refractivity contribution in [1.82, 2.24) is 5.32 Å². The lowest BCUT2D eigenvalue weighted by Crippen LogP contribution is -2.34. The van der Waals surface area contributed by atoms with E-state index in [1.807, 2.05) is 31.2 Å². The average molecular weight is 465 g/mol. The molecule has 1 aliphatic carbocycles. The Kier molecular flexibility index (Phi) is 6.70. The first-order chi connectivity index (χ1) is 15.8. The maximum atomic E-state index is 12.7. The Hall–Kier alpha value is -3.32. The summed E-state index contributed by atoms with van der Waals surface area (Å²) in [6.45, 7) is 3.57. The van der Waals surface area contributed by atoms with Gasteiger partial charge in [0.2, 0.25) is 0 Å². The van der Waals surface area contributed by atoms with E-state index in [-0.39, 0.29) is 23.5 Å². The Morgan fingerprint density at radius 2 is 1.79 bits per heavy atom. The molecule has 0 saturated carbocycles. The van der Waals surface area contributed by atoms with Crippen LogP contribution in [0.15, 0.2) is 71.6 Å². The van der Waals surface area contributed by atoms with Gasteiger partial charge in [0.15, 0.2) is 6.61 Å². The molecule has 0 aromatic heterocycles. The minimum Gasteiger partial charge on any atom is -0.484 e. The average Bonchev–Trinajstić information content (AvgIpc) is 2.80. The quantitative estimate of drug-likeness (QED) is 0.532. The van der Waals surface area contributed by atoms with Crippen LogP contribution in [0.5, 0.6) is 5.75 Å². The van der Waals surface area contributed by atoms with Gasteiger partial charge in [0.1, 0.15) is 5.75 Å². The number of benzene rings is 3. The number of aryl methyl sites for hydroxylation is 3. The Morgan fingerprint density at radius 3 is 2.55 bits per heavy atom. The summed E-state index contributed by atoms with van der Waals surface area (Å²) >= 11 is 0. The van der Waals surface area contributed by atoms with Gasteiger partial charge in [0.05, 0.1) is 10.9 Å². The molecule has 6 nitrogen and oxygen atoms in total. The number of nitrogens with one attached hydrogen (secondary N) is 2. The molecule has 33 heavy (non-hydrogen) atoms. The van der Waals surface area contributed by atoms with Gasteiger partial charge in [-0.3, -0.25) is 9.52 Å². The maximum absolute atomic E-state index is 12.7. The van der Waals surface area contributed by atoms with E-state index in [4.69, 9.17) is 4.74 Å². The third kappa shape index (κ3) is 5.54. The van der Waals surface area contributed by atoms with Gasteiger partial charge in [0, 0.05) is 5.69 Å². The van der Waals surface area contributed by atoms with Gasteiger partial charge in [-0.2, -0.15) is 0 Å². The highest BCUT2D eigenvalue weighted by atomic mass is 32.2. The zero-order valence-electron chi connectivity index (χ0n) is 18.8. The van der Waals surface area contributed by atoms with E-state index < -0.39 is 10.0 Å². The molecule has 0 radical (unpaired) electrons. The predicted octanol–water partition coefficient (Wildman–Crippen LogP) is 4.68. The van der Waals surface area contributed by atoms with Crippen LogP contribution in [0.4, 0.5) is 5.69 Å². The maximum Gasteiger partial charge on any atom is 0.261 e. The zero-order chi connectivity index (χ0) is 23.4. The van der Waals surface area contributed by atoms with E-state index in [9.17, 15) is 13.2 Å². The van der Waals surface area contributed by atoms with E-state index in [0.29, 0.717) is 17.0 Å². The van der Waals surface area contributed by atoms with Crippen LogP contribution in [0.1, 0.15) is 41.1 Å². The summed E-state index contributed by atoms with van der Waals surface area (Å²) in [7, 11) is -3.73. The highest BCUT2D eigenvalue weighted by molar-refractivity contribution is 7.92. The molecular weight excluding hydrogens is 436 g/mol. The summed E-state index contributed by atoms with van der Waals surface area (Å²) in [5.74, 6) is 0.275. The molecule has 0 heterocycles. The zero-order valence-corrected chi connectivity index (χ0v) is 19.6. The molecule has 1 aliphatic rings. The minimum absolute atomic E-state index is 0.00693.